The molecule has 0 amide bonds. The highest BCUT2D eigenvalue weighted by Gasteiger charge is 2.00. The molecule has 0 radical (unpaired) electrons. The van der Waals surface area contributed by atoms with Crippen LogP contribution in [0.25, 0.3) is 0 Å². The van der Waals surface area contributed by atoms with Crippen molar-refractivity contribution in [2.75, 3.05) is 13.1 Å². The Balaban J connectivity index is 3.65. The van der Waals surface area contributed by atoms with Gasteiger partial charge in [-0.15, -0.1) is 0 Å². The number of unbranched alkanes of at least 4 members (excludes halogenated alkanes) is 2. The first kappa shape index (κ1) is 12.4. The molecule has 0 fully saturated rings. The van der Waals surface area contributed by atoms with Crippen LogP contribution in [0.5, 0.6) is 0 Å². The molecule has 0 spiro atoms. The third-order valence-electron chi connectivity index (χ3n) is 1.95. The molecule has 0 aliphatic heterocycles. The van der Waals surface area contributed by atoms with E-state index in [2.05, 4.69) is 18.8 Å². The van der Waals surface area contributed by atoms with Crippen LogP contribution in [0, 0.1) is 0 Å². The van der Waals surface area contributed by atoms with Gasteiger partial charge in [-0.3, -0.25) is 10.2 Å². The third kappa shape index (κ3) is 6.58. The summed E-state index contributed by atoms with van der Waals surface area (Å²) in [6.45, 7) is 7.62. The Kier molecular flexibility index (Phi) is 7.69. The molecule has 0 rings (SSSR count). The number of amidine groups is 1. The minimum atomic E-state index is 0.692. The van der Waals surface area contributed by atoms with Crippen LogP contribution in [-0.4, -0.2) is 29.2 Å². The Morgan fingerprint density at radius 2 is 1.85 bits per heavy atom. The van der Waals surface area contributed by atoms with Crippen molar-refractivity contribution in [1.29, 1.82) is 0 Å². The van der Waals surface area contributed by atoms with Crippen LogP contribution in [0.2, 0.25) is 0 Å². The summed E-state index contributed by atoms with van der Waals surface area (Å²) in [7, 11) is 0. The molecule has 0 unspecified atom stereocenters. The molecule has 0 aromatic carbocycles. The molecule has 0 aromatic heterocycles. The average molecular weight is 186 g/mol. The zero-order valence-corrected chi connectivity index (χ0v) is 9.08. The average Bonchev–Trinajstić information content (AvgIpc) is 2.14. The van der Waals surface area contributed by atoms with Gasteiger partial charge < -0.3 is 0 Å². The van der Waals surface area contributed by atoms with Crippen LogP contribution in [0.15, 0.2) is 4.99 Å². The molecule has 78 valence electrons. The molecule has 0 atom stereocenters. The zero-order valence-electron chi connectivity index (χ0n) is 9.08. The Bertz CT molecular complexity index is 146. The van der Waals surface area contributed by atoms with Crippen molar-refractivity contribution in [2.24, 2.45) is 4.99 Å². The maximum atomic E-state index is 9.45. The van der Waals surface area contributed by atoms with Gasteiger partial charge in [0.25, 0.3) is 0 Å². The van der Waals surface area contributed by atoms with Gasteiger partial charge in [0, 0.05) is 13.1 Å². The molecule has 1 N–H and O–H groups in total. The molecule has 3 heteroatoms. The van der Waals surface area contributed by atoms with Crippen LogP contribution in [-0.2, 0) is 0 Å². The molecule has 0 bridgehead atoms. The Morgan fingerprint density at radius 1 is 1.23 bits per heavy atom. The van der Waals surface area contributed by atoms with Gasteiger partial charge in [0.05, 0.1) is 0 Å². The van der Waals surface area contributed by atoms with Gasteiger partial charge in [-0.2, -0.15) is 0 Å². The predicted octanol–water partition coefficient (Wildman–Crippen LogP) is 2.70. The van der Waals surface area contributed by atoms with E-state index in [1.165, 1.54) is 5.06 Å². The number of hydrogen-bond donors (Lipinski definition) is 1. The smallest absolute Gasteiger partial charge is 0.120 e. The fourth-order valence-electron chi connectivity index (χ4n) is 0.950. The van der Waals surface area contributed by atoms with Crippen molar-refractivity contribution in [2.45, 2.75) is 46.5 Å². The normalized spacial score (nSPS) is 11.8. The minimum absolute atomic E-state index is 0.692. The van der Waals surface area contributed by atoms with E-state index in [9.17, 15) is 5.21 Å². The Labute approximate surface area is 81.4 Å². The molecule has 0 aromatic rings. The van der Waals surface area contributed by atoms with Gasteiger partial charge in [-0.25, -0.2) is 5.06 Å². The molecule has 13 heavy (non-hydrogen) atoms. The van der Waals surface area contributed by atoms with Crippen LogP contribution >= 0.6 is 0 Å². The standard InChI is InChI=1S/C10H22N2O/c1-4-6-8-11-10(3)12(13)9-7-5-2/h13H,4-9H2,1-3H3. The third-order valence-corrected chi connectivity index (χ3v) is 1.95. The van der Waals surface area contributed by atoms with E-state index in [0.29, 0.717) is 6.54 Å². The van der Waals surface area contributed by atoms with Crippen molar-refractivity contribution in [3.05, 3.63) is 0 Å². The zero-order chi connectivity index (χ0) is 10.1. The Hall–Kier alpha value is -0.570. The second-order valence-electron chi connectivity index (χ2n) is 3.26. The predicted molar refractivity (Wildman–Crippen MR) is 56.3 cm³/mol. The van der Waals surface area contributed by atoms with Crippen molar-refractivity contribution < 1.29 is 5.21 Å². The number of hydroxylamine groups is 2. The molecule has 0 heterocycles. The minimum Gasteiger partial charge on any atom is -0.287 e. The fourth-order valence-corrected chi connectivity index (χ4v) is 0.950. The SMILES string of the molecule is CCCCN=C(C)N(O)CCCC. The second kappa shape index (κ2) is 8.05. The van der Waals surface area contributed by atoms with E-state index in [1.54, 1.807) is 0 Å². The highest BCUT2D eigenvalue weighted by atomic mass is 16.5. The lowest BCUT2D eigenvalue weighted by Crippen LogP contribution is -2.26. The summed E-state index contributed by atoms with van der Waals surface area (Å²) in [5.74, 6) is 0.738. The van der Waals surface area contributed by atoms with E-state index < -0.39 is 0 Å². The van der Waals surface area contributed by atoms with Gasteiger partial charge in [0.1, 0.15) is 5.84 Å². The maximum Gasteiger partial charge on any atom is 0.120 e. The van der Waals surface area contributed by atoms with Gasteiger partial charge in [-0.05, 0) is 19.8 Å². The summed E-state index contributed by atoms with van der Waals surface area (Å²) in [4.78, 5) is 4.26. The summed E-state index contributed by atoms with van der Waals surface area (Å²) in [5.41, 5.74) is 0. The molecule has 0 saturated carbocycles. The van der Waals surface area contributed by atoms with Gasteiger partial charge >= 0.3 is 0 Å². The van der Waals surface area contributed by atoms with Crippen molar-refractivity contribution >= 4 is 5.84 Å². The lowest BCUT2D eigenvalue weighted by Gasteiger charge is -2.15. The molecule has 3 nitrogen and oxygen atoms in total. The first-order valence-corrected chi connectivity index (χ1v) is 5.19. The monoisotopic (exact) mass is 186 g/mol. The van der Waals surface area contributed by atoms with E-state index >= 15 is 0 Å². The lowest BCUT2D eigenvalue weighted by molar-refractivity contribution is -0.0164. The highest BCUT2D eigenvalue weighted by molar-refractivity contribution is 5.78. The van der Waals surface area contributed by atoms with Gasteiger partial charge in [0.2, 0.25) is 0 Å². The van der Waals surface area contributed by atoms with Crippen LogP contribution in [0.3, 0.4) is 0 Å². The first-order chi connectivity index (χ1) is 6.22. The van der Waals surface area contributed by atoms with Gasteiger partial charge in [0.15, 0.2) is 0 Å². The number of hydrogen-bond acceptors (Lipinski definition) is 2. The summed E-state index contributed by atoms with van der Waals surface area (Å²) in [5, 5.41) is 10.7. The summed E-state index contributed by atoms with van der Waals surface area (Å²) in [6.07, 6.45) is 4.35. The molecular weight excluding hydrogens is 164 g/mol. The van der Waals surface area contributed by atoms with Crippen LogP contribution in [0.4, 0.5) is 0 Å². The number of aliphatic imine (C=N–C) groups is 1. The van der Waals surface area contributed by atoms with Crippen molar-refractivity contribution in [3.8, 4) is 0 Å². The second-order valence-corrected chi connectivity index (χ2v) is 3.26. The topological polar surface area (TPSA) is 35.8 Å². The molecule has 0 aliphatic rings. The van der Waals surface area contributed by atoms with E-state index in [0.717, 1.165) is 38.1 Å². The molecular formula is C10H22N2O. The summed E-state index contributed by atoms with van der Waals surface area (Å²) in [6, 6.07) is 0. The van der Waals surface area contributed by atoms with E-state index in [4.69, 9.17) is 0 Å². The van der Waals surface area contributed by atoms with Gasteiger partial charge in [-0.1, -0.05) is 26.7 Å². The Morgan fingerprint density at radius 3 is 2.38 bits per heavy atom. The number of nitrogens with zero attached hydrogens (tertiary/aromatic N) is 2. The molecule has 0 saturated heterocycles. The largest absolute Gasteiger partial charge is 0.287 e. The van der Waals surface area contributed by atoms with Crippen LogP contribution < -0.4 is 0 Å². The summed E-state index contributed by atoms with van der Waals surface area (Å²) >= 11 is 0. The first-order valence-electron chi connectivity index (χ1n) is 5.19. The quantitative estimate of drug-likeness (QED) is 0.299. The summed E-state index contributed by atoms with van der Waals surface area (Å²) < 4.78 is 0. The fraction of sp³-hybridized carbons (Fsp3) is 0.900. The molecule has 0 aliphatic carbocycles. The number of rotatable bonds is 6. The van der Waals surface area contributed by atoms with E-state index in [1.807, 2.05) is 6.92 Å². The van der Waals surface area contributed by atoms with Crippen molar-refractivity contribution in [3.63, 3.8) is 0 Å². The maximum absolute atomic E-state index is 9.45. The highest BCUT2D eigenvalue weighted by Crippen LogP contribution is 1.95. The van der Waals surface area contributed by atoms with Crippen LogP contribution in [0.1, 0.15) is 46.5 Å². The lowest BCUT2D eigenvalue weighted by atomic mass is 10.3. The van der Waals surface area contributed by atoms with Crippen molar-refractivity contribution in [1.82, 2.24) is 5.06 Å². The van der Waals surface area contributed by atoms with E-state index in [-0.39, 0.29) is 0 Å².